The number of pyridine rings is 1. The molecule has 0 aliphatic heterocycles. The third-order valence-electron chi connectivity index (χ3n) is 3.17. The predicted molar refractivity (Wildman–Crippen MR) is 62.2 cm³/mol. The first-order chi connectivity index (χ1) is 7.61. The maximum atomic E-state index is 11.1. The molecule has 0 aromatic carbocycles. The first-order valence-corrected chi connectivity index (χ1v) is 5.90. The second kappa shape index (κ2) is 4.42. The molecular weight excluding hydrogens is 226 g/mol. The summed E-state index contributed by atoms with van der Waals surface area (Å²) in [4.78, 5) is 15.3. The van der Waals surface area contributed by atoms with E-state index in [2.05, 4.69) is 4.98 Å². The zero-order valence-electron chi connectivity index (χ0n) is 9.22. The second-order valence-electron chi connectivity index (χ2n) is 4.19. The maximum absolute atomic E-state index is 11.1. The van der Waals surface area contributed by atoms with E-state index in [1.807, 2.05) is 6.92 Å². The first kappa shape index (κ1) is 11.4. The second-order valence-corrected chi connectivity index (χ2v) is 4.55. The number of aromatic nitrogens is 1. The van der Waals surface area contributed by atoms with Crippen molar-refractivity contribution in [1.82, 2.24) is 4.98 Å². The summed E-state index contributed by atoms with van der Waals surface area (Å²) in [7, 11) is 0. The molecule has 0 saturated carbocycles. The Morgan fingerprint density at radius 1 is 1.31 bits per heavy atom. The van der Waals surface area contributed by atoms with Crippen LogP contribution in [0.4, 0.5) is 0 Å². The molecule has 0 radical (unpaired) electrons. The van der Waals surface area contributed by atoms with E-state index in [9.17, 15) is 4.79 Å². The molecular formula is C12H14ClNO2. The van der Waals surface area contributed by atoms with Crippen LogP contribution in [0.15, 0.2) is 0 Å². The number of hydrogen-bond donors (Lipinski definition) is 1. The van der Waals surface area contributed by atoms with E-state index >= 15 is 0 Å². The quantitative estimate of drug-likeness (QED) is 0.605. The van der Waals surface area contributed by atoms with Crippen molar-refractivity contribution in [2.24, 2.45) is 0 Å². The van der Waals surface area contributed by atoms with Gasteiger partial charge in [-0.25, -0.2) is 9.78 Å². The topological polar surface area (TPSA) is 50.2 Å². The van der Waals surface area contributed by atoms with Gasteiger partial charge in [0.2, 0.25) is 0 Å². The standard InChI is InChI=1S/C12H14ClNO2/c1-7-8-5-3-2-4-6-9(8)14-11(13)10(7)12(15)16/h2-6H2,1H3,(H,15,16). The highest BCUT2D eigenvalue weighted by molar-refractivity contribution is 6.32. The summed E-state index contributed by atoms with van der Waals surface area (Å²) in [5.41, 5.74) is 3.05. The number of carbonyl (C=O) groups is 1. The van der Waals surface area contributed by atoms with Gasteiger partial charge in [-0.3, -0.25) is 0 Å². The van der Waals surface area contributed by atoms with Gasteiger partial charge in [0, 0.05) is 5.69 Å². The molecule has 1 N–H and O–H groups in total. The minimum absolute atomic E-state index is 0.130. The van der Waals surface area contributed by atoms with E-state index in [1.54, 1.807) is 0 Å². The molecule has 4 heteroatoms. The van der Waals surface area contributed by atoms with Gasteiger partial charge in [0.15, 0.2) is 0 Å². The number of aromatic carboxylic acids is 1. The highest BCUT2D eigenvalue weighted by atomic mass is 35.5. The Kier molecular flexibility index (Phi) is 3.15. The van der Waals surface area contributed by atoms with Gasteiger partial charge in [-0.15, -0.1) is 0 Å². The van der Waals surface area contributed by atoms with Crippen molar-refractivity contribution < 1.29 is 9.90 Å². The van der Waals surface area contributed by atoms with Crippen molar-refractivity contribution in [1.29, 1.82) is 0 Å². The van der Waals surface area contributed by atoms with Crippen molar-refractivity contribution >= 4 is 17.6 Å². The molecule has 1 aliphatic carbocycles. The molecule has 2 rings (SSSR count). The third-order valence-corrected chi connectivity index (χ3v) is 3.44. The average Bonchev–Trinajstić information content (AvgIpc) is 2.42. The van der Waals surface area contributed by atoms with Crippen molar-refractivity contribution in [2.75, 3.05) is 0 Å². The molecule has 1 aromatic rings. The normalized spacial score (nSPS) is 15.4. The van der Waals surface area contributed by atoms with Crippen LogP contribution in [-0.2, 0) is 12.8 Å². The van der Waals surface area contributed by atoms with Crippen LogP contribution < -0.4 is 0 Å². The van der Waals surface area contributed by atoms with Gasteiger partial charge in [0.1, 0.15) is 5.15 Å². The predicted octanol–water partition coefficient (Wildman–Crippen LogP) is 3.01. The molecule has 0 saturated heterocycles. The van der Waals surface area contributed by atoms with Crippen LogP contribution in [0.5, 0.6) is 0 Å². The van der Waals surface area contributed by atoms with E-state index in [-0.39, 0.29) is 10.7 Å². The Bertz CT molecular complexity index is 443. The number of carboxylic acids is 1. The van der Waals surface area contributed by atoms with Crippen LogP contribution in [0, 0.1) is 6.92 Å². The van der Waals surface area contributed by atoms with Gasteiger partial charge in [0.25, 0.3) is 0 Å². The molecule has 86 valence electrons. The van der Waals surface area contributed by atoms with Gasteiger partial charge in [-0.05, 0) is 43.7 Å². The van der Waals surface area contributed by atoms with E-state index in [4.69, 9.17) is 16.7 Å². The highest BCUT2D eigenvalue weighted by Gasteiger charge is 2.21. The minimum Gasteiger partial charge on any atom is -0.478 e. The van der Waals surface area contributed by atoms with Crippen LogP contribution in [-0.4, -0.2) is 16.1 Å². The lowest BCUT2D eigenvalue weighted by Gasteiger charge is -2.12. The molecule has 0 atom stereocenters. The zero-order chi connectivity index (χ0) is 11.7. The third kappa shape index (κ3) is 1.92. The van der Waals surface area contributed by atoms with Gasteiger partial charge < -0.3 is 5.11 Å². The number of nitrogens with zero attached hydrogens (tertiary/aromatic N) is 1. The fourth-order valence-corrected chi connectivity index (χ4v) is 2.65. The van der Waals surface area contributed by atoms with Crippen LogP contribution in [0.1, 0.15) is 46.4 Å². The number of rotatable bonds is 1. The Balaban J connectivity index is 2.60. The smallest absolute Gasteiger partial charge is 0.339 e. The molecule has 3 nitrogen and oxygen atoms in total. The van der Waals surface area contributed by atoms with Crippen molar-refractivity contribution in [3.05, 3.63) is 27.5 Å². The fraction of sp³-hybridized carbons (Fsp3) is 0.500. The molecule has 1 aliphatic rings. The molecule has 1 aromatic heterocycles. The van der Waals surface area contributed by atoms with E-state index in [0.29, 0.717) is 0 Å². The lowest BCUT2D eigenvalue weighted by atomic mass is 9.99. The monoisotopic (exact) mass is 239 g/mol. The van der Waals surface area contributed by atoms with Gasteiger partial charge in [0.05, 0.1) is 5.56 Å². The summed E-state index contributed by atoms with van der Waals surface area (Å²) in [5.74, 6) is -0.984. The summed E-state index contributed by atoms with van der Waals surface area (Å²) in [6.45, 7) is 1.83. The molecule has 0 bridgehead atoms. The van der Waals surface area contributed by atoms with Crippen molar-refractivity contribution in [3.8, 4) is 0 Å². The molecule has 16 heavy (non-hydrogen) atoms. The Morgan fingerprint density at radius 2 is 2.00 bits per heavy atom. The average molecular weight is 240 g/mol. The van der Waals surface area contributed by atoms with Gasteiger partial charge >= 0.3 is 5.97 Å². The molecule has 0 fully saturated rings. The fourth-order valence-electron chi connectivity index (χ4n) is 2.32. The number of carboxylic acid groups (broad SMARTS) is 1. The summed E-state index contributed by atoms with van der Waals surface area (Å²) < 4.78 is 0. The summed E-state index contributed by atoms with van der Waals surface area (Å²) in [6.07, 6.45) is 5.23. The molecule has 0 spiro atoms. The molecule has 0 amide bonds. The van der Waals surface area contributed by atoms with Gasteiger partial charge in [-0.2, -0.15) is 0 Å². The van der Waals surface area contributed by atoms with Gasteiger partial charge in [-0.1, -0.05) is 18.0 Å². The molecule has 1 heterocycles. The number of aryl methyl sites for hydroxylation is 1. The zero-order valence-corrected chi connectivity index (χ0v) is 9.97. The summed E-state index contributed by atoms with van der Waals surface area (Å²) >= 11 is 5.92. The number of halogens is 1. The van der Waals surface area contributed by atoms with Crippen molar-refractivity contribution in [3.63, 3.8) is 0 Å². The Labute approximate surface area is 99.5 Å². The van der Waals surface area contributed by atoms with Crippen LogP contribution in [0.2, 0.25) is 5.15 Å². The van der Waals surface area contributed by atoms with Crippen LogP contribution >= 0.6 is 11.6 Å². The van der Waals surface area contributed by atoms with Crippen LogP contribution in [0.25, 0.3) is 0 Å². The van der Waals surface area contributed by atoms with E-state index in [1.165, 1.54) is 6.42 Å². The first-order valence-electron chi connectivity index (χ1n) is 5.52. The van der Waals surface area contributed by atoms with Crippen molar-refractivity contribution in [2.45, 2.75) is 39.0 Å². The Hall–Kier alpha value is -1.09. The SMILES string of the molecule is Cc1c2c(nc(Cl)c1C(=O)O)CCCCC2. The van der Waals surface area contributed by atoms with Crippen LogP contribution in [0.3, 0.4) is 0 Å². The maximum Gasteiger partial charge on any atom is 0.339 e. The number of fused-ring (bicyclic) bond motifs is 1. The lowest BCUT2D eigenvalue weighted by molar-refractivity contribution is 0.0695. The Morgan fingerprint density at radius 3 is 2.69 bits per heavy atom. The minimum atomic E-state index is -0.984. The molecule has 0 unspecified atom stereocenters. The van der Waals surface area contributed by atoms with E-state index < -0.39 is 5.97 Å². The lowest BCUT2D eigenvalue weighted by Crippen LogP contribution is -2.09. The highest BCUT2D eigenvalue weighted by Crippen LogP contribution is 2.28. The number of hydrogen-bond acceptors (Lipinski definition) is 2. The summed E-state index contributed by atoms with van der Waals surface area (Å²) in [6, 6.07) is 0. The van der Waals surface area contributed by atoms with E-state index in [0.717, 1.165) is 42.5 Å². The summed E-state index contributed by atoms with van der Waals surface area (Å²) in [5, 5.41) is 9.22. The largest absolute Gasteiger partial charge is 0.478 e.